The Balaban J connectivity index is 1.95. The minimum absolute atomic E-state index is 0.0275. The van der Waals surface area contributed by atoms with Crippen LogP contribution in [0.4, 0.5) is 0 Å². The molecule has 1 amide bonds. The van der Waals surface area contributed by atoms with Crippen molar-refractivity contribution in [1.29, 1.82) is 0 Å². The molecule has 5 heteroatoms. The molecule has 96 valence electrons. The summed E-state index contributed by atoms with van der Waals surface area (Å²) >= 11 is 0. The van der Waals surface area contributed by atoms with Crippen molar-refractivity contribution >= 4 is 11.9 Å². The highest BCUT2D eigenvalue weighted by Gasteiger charge is 2.36. The monoisotopic (exact) mass is 240 g/mol. The zero-order valence-electron chi connectivity index (χ0n) is 10.5. The first-order chi connectivity index (χ1) is 8.08. The highest BCUT2D eigenvalue weighted by atomic mass is 16.6. The SMILES string of the molecule is CC(=O)N1CCCN(C2CC(C)OC2=O)CC1. The van der Waals surface area contributed by atoms with Crippen LogP contribution in [0.5, 0.6) is 0 Å². The van der Waals surface area contributed by atoms with Gasteiger partial charge in [0.2, 0.25) is 5.91 Å². The number of esters is 1. The summed E-state index contributed by atoms with van der Waals surface area (Å²) in [5, 5.41) is 0. The summed E-state index contributed by atoms with van der Waals surface area (Å²) in [4.78, 5) is 27.0. The van der Waals surface area contributed by atoms with Crippen LogP contribution >= 0.6 is 0 Å². The summed E-state index contributed by atoms with van der Waals surface area (Å²) in [6.45, 7) is 6.68. The van der Waals surface area contributed by atoms with E-state index in [1.54, 1.807) is 6.92 Å². The summed E-state index contributed by atoms with van der Waals surface area (Å²) in [6.07, 6.45) is 1.73. The molecule has 2 rings (SSSR count). The van der Waals surface area contributed by atoms with Gasteiger partial charge in [0.15, 0.2) is 0 Å². The minimum Gasteiger partial charge on any atom is -0.461 e. The molecule has 0 N–H and O–H groups in total. The van der Waals surface area contributed by atoms with Gasteiger partial charge >= 0.3 is 5.97 Å². The first-order valence-corrected chi connectivity index (χ1v) is 6.28. The molecule has 0 spiro atoms. The molecule has 2 saturated heterocycles. The Morgan fingerprint density at radius 1 is 1.29 bits per heavy atom. The summed E-state index contributed by atoms with van der Waals surface area (Å²) in [5.74, 6) is 0.0167. The largest absolute Gasteiger partial charge is 0.461 e. The third-order valence-corrected chi connectivity index (χ3v) is 3.56. The molecule has 0 aliphatic carbocycles. The van der Waals surface area contributed by atoms with E-state index in [9.17, 15) is 9.59 Å². The van der Waals surface area contributed by atoms with Crippen molar-refractivity contribution in [1.82, 2.24) is 9.80 Å². The van der Waals surface area contributed by atoms with Crippen molar-refractivity contribution in [3.8, 4) is 0 Å². The number of carbonyl (C=O) groups is 2. The zero-order valence-corrected chi connectivity index (χ0v) is 10.5. The van der Waals surface area contributed by atoms with Gasteiger partial charge in [-0.05, 0) is 13.3 Å². The molecule has 2 fully saturated rings. The van der Waals surface area contributed by atoms with Gasteiger partial charge in [-0.25, -0.2) is 0 Å². The maximum absolute atomic E-state index is 11.7. The van der Waals surface area contributed by atoms with Crippen LogP contribution in [-0.4, -0.2) is 60.0 Å². The van der Waals surface area contributed by atoms with Crippen molar-refractivity contribution in [3.63, 3.8) is 0 Å². The molecule has 5 nitrogen and oxygen atoms in total. The second-order valence-corrected chi connectivity index (χ2v) is 4.89. The Labute approximate surface area is 102 Å². The second kappa shape index (κ2) is 5.04. The third kappa shape index (κ3) is 2.77. The zero-order chi connectivity index (χ0) is 12.4. The van der Waals surface area contributed by atoms with E-state index in [2.05, 4.69) is 4.90 Å². The van der Waals surface area contributed by atoms with E-state index in [1.165, 1.54) is 0 Å². The van der Waals surface area contributed by atoms with Crippen molar-refractivity contribution in [2.75, 3.05) is 26.2 Å². The van der Waals surface area contributed by atoms with Crippen LogP contribution in [0.25, 0.3) is 0 Å². The molecular weight excluding hydrogens is 220 g/mol. The topological polar surface area (TPSA) is 49.9 Å². The Kier molecular flexibility index (Phi) is 3.66. The van der Waals surface area contributed by atoms with Crippen LogP contribution in [0.3, 0.4) is 0 Å². The Morgan fingerprint density at radius 3 is 2.65 bits per heavy atom. The van der Waals surface area contributed by atoms with E-state index in [1.807, 2.05) is 11.8 Å². The number of rotatable bonds is 1. The number of cyclic esters (lactones) is 1. The van der Waals surface area contributed by atoms with Crippen LogP contribution in [0, 0.1) is 0 Å². The second-order valence-electron chi connectivity index (χ2n) is 4.89. The lowest BCUT2D eigenvalue weighted by molar-refractivity contribution is -0.144. The maximum atomic E-state index is 11.7. The highest BCUT2D eigenvalue weighted by Crippen LogP contribution is 2.21. The molecule has 2 aliphatic heterocycles. The van der Waals surface area contributed by atoms with Crippen LogP contribution < -0.4 is 0 Å². The lowest BCUT2D eigenvalue weighted by Gasteiger charge is -2.24. The van der Waals surface area contributed by atoms with E-state index in [0.29, 0.717) is 6.54 Å². The van der Waals surface area contributed by atoms with Crippen LogP contribution in [-0.2, 0) is 14.3 Å². The van der Waals surface area contributed by atoms with Gasteiger partial charge in [0, 0.05) is 39.5 Å². The molecule has 2 heterocycles. The average Bonchev–Trinajstić information content (AvgIpc) is 2.52. The van der Waals surface area contributed by atoms with Gasteiger partial charge in [-0.3, -0.25) is 14.5 Å². The van der Waals surface area contributed by atoms with Gasteiger partial charge in [0.1, 0.15) is 12.1 Å². The number of ether oxygens (including phenoxy) is 1. The molecule has 0 saturated carbocycles. The maximum Gasteiger partial charge on any atom is 0.323 e. The number of amides is 1. The van der Waals surface area contributed by atoms with E-state index in [-0.39, 0.29) is 24.0 Å². The van der Waals surface area contributed by atoms with Crippen molar-refractivity contribution in [3.05, 3.63) is 0 Å². The smallest absolute Gasteiger partial charge is 0.323 e. The van der Waals surface area contributed by atoms with Gasteiger partial charge < -0.3 is 9.64 Å². The van der Waals surface area contributed by atoms with Crippen molar-refractivity contribution in [2.24, 2.45) is 0 Å². The van der Waals surface area contributed by atoms with E-state index < -0.39 is 0 Å². The first kappa shape index (κ1) is 12.4. The van der Waals surface area contributed by atoms with Crippen LogP contribution in [0.1, 0.15) is 26.7 Å². The van der Waals surface area contributed by atoms with E-state index >= 15 is 0 Å². The van der Waals surface area contributed by atoms with Gasteiger partial charge in [-0.15, -0.1) is 0 Å². The number of hydrogen-bond acceptors (Lipinski definition) is 4. The average molecular weight is 240 g/mol. The quantitative estimate of drug-likeness (QED) is 0.616. The summed E-state index contributed by atoms with van der Waals surface area (Å²) in [5.41, 5.74) is 0. The molecular formula is C12H20N2O3. The molecule has 2 atom stereocenters. The third-order valence-electron chi connectivity index (χ3n) is 3.56. The fourth-order valence-corrected chi connectivity index (χ4v) is 2.60. The Bertz CT molecular complexity index is 319. The molecule has 0 aromatic carbocycles. The molecule has 2 aliphatic rings. The van der Waals surface area contributed by atoms with E-state index in [4.69, 9.17) is 4.74 Å². The predicted molar refractivity (Wildman–Crippen MR) is 62.4 cm³/mol. The standard InChI is InChI=1S/C12H20N2O3/c1-9-8-11(12(16)17-9)14-5-3-4-13(6-7-14)10(2)15/h9,11H,3-8H2,1-2H3. The molecule has 0 aromatic heterocycles. The summed E-state index contributed by atoms with van der Waals surface area (Å²) < 4.78 is 5.18. The Hall–Kier alpha value is -1.10. The predicted octanol–water partition coefficient (Wildman–Crippen LogP) is 0.245. The normalized spacial score (nSPS) is 31.2. The van der Waals surface area contributed by atoms with Gasteiger partial charge in [0.05, 0.1) is 0 Å². The van der Waals surface area contributed by atoms with Gasteiger partial charge in [-0.1, -0.05) is 0 Å². The fraction of sp³-hybridized carbons (Fsp3) is 0.833. The summed E-state index contributed by atoms with van der Waals surface area (Å²) in [7, 11) is 0. The Morgan fingerprint density at radius 2 is 2.06 bits per heavy atom. The minimum atomic E-state index is -0.103. The molecule has 2 unspecified atom stereocenters. The lowest BCUT2D eigenvalue weighted by atomic mass is 10.1. The molecule has 0 radical (unpaired) electrons. The van der Waals surface area contributed by atoms with Crippen molar-refractivity contribution in [2.45, 2.75) is 38.8 Å². The number of hydrogen-bond donors (Lipinski definition) is 0. The number of nitrogens with zero attached hydrogens (tertiary/aromatic N) is 2. The fourth-order valence-electron chi connectivity index (χ4n) is 2.60. The number of carbonyl (C=O) groups excluding carboxylic acids is 2. The molecule has 0 aromatic rings. The summed E-state index contributed by atoms with van der Waals surface area (Å²) in [6, 6.07) is -0.100. The lowest BCUT2D eigenvalue weighted by Crippen LogP contribution is -2.41. The van der Waals surface area contributed by atoms with E-state index in [0.717, 1.165) is 32.5 Å². The first-order valence-electron chi connectivity index (χ1n) is 6.28. The van der Waals surface area contributed by atoms with Crippen molar-refractivity contribution < 1.29 is 14.3 Å². The molecule has 17 heavy (non-hydrogen) atoms. The van der Waals surface area contributed by atoms with Crippen LogP contribution in [0.2, 0.25) is 0 Å². The van der Waals surface area contributed by atoms with Gasteiger partial charge in [0.25, 0.3) is 0 Å². The van der Waals surface area contributed by atoms with Crippen LogP contribution in [0.15, 0.2) is 0 Å². The highest BCUT2D eigenvalue weighted by molar-refractivity contribution is 5.78. The van der Waals surface area contributed by atoms with Gasteiger partial charge in [-0.2, -0.15) is 0 Å². The molecule has 0 bridgehead atoms.